The molecule has 0 bridgehead atoms. The number of para-hydroxylation sites is 2. The summed E-state index contributed by atoms with van der Waals surface area (Å²) in [4.78, 5) is 1.28. The average Bonchev–Trinajstić information content (AvgIpc) is 2.73. The lowest BCUT2D eigenvalue weighted by atomic mass is 10.1. The van der Waals surface area contributed by atoms with E-state index in [1.54, 1.807) is 18.2 Å². The van der Waals surface area contributed by atoms with Crippen molar-refractivity contribution in [2.24, 2.45) is 0 Å². The van der Waals surface area contributed by atoms with Gasteiger partial charge in [-0.1, -0.05) is 12.1 Å². The van der Waals surface area contributed by atoms with Crippen LogP contribution in [0.25, 0.3) is 6.08 Å². The number of quaternary nitrogens is 1. The Morgan fingerprint density at radius 1 is 0.893 bits per heavy atom. The minimum atomic E-state index is -1.59. The molecule has 1 aliphatic heterocycles. The van der Waals surface area contributed by atoms with E-state index >= 15 is 0 Å². The van der Waals surface area contributed by atoms with Crippen molar-refractivity contribution in [3.05, 3.63) is 59.2 Å². The van der Waals surface area contributed by atoms with Crippen molar-refractivity contribution in [3.8, 4) is 17.2 Å². The number of likely N-dealkylation sites (tertiary alicyclic amines) is 1. The van der Waals surface area contributed by atoms with Crippen molar-refractivity contribution in [1.82, 2.24) is 0 Å². The third-order valence-electron chi connectivity index (χ3n) is 4.79. The normalized spacial score (nSPS) is 15.2. The second-order valence-electron chi connectivity index (χ2n) is 6.67. The lowest BCUT2D eigenvalue weighted by molar-refractivity contribution is -0.898. The van der Waals surface area contributed by atoms with Crippen LogP contribution in [0.1, 0.15) is 24.8 Å². The molecule has 1 fully saturated rings. The molecule has 7 heteroatoms. The first-order chi connectivity index (χ1) is 13.5. The zero-order chi connectivity index (χ0) is 20.1. The number of benzene rings is 2. The first kappa shape index (κ1) is 20.2. The van der Waals surface area contributed by atoms with Crippen LogP contribution in [-0.4, -0.2) is 26.7 Å². The lowest BCUT2D eigenvalue weighted by Crippen LogP contribution is -3.12. The lowest BCUT2D eigenvalue weighted by Gasteiger charge is -2.21. The number of rotatable bonds is 6. The maximum atomic E-state index is 14.4. The molecule has 0 amide bonds. The van der Waals surface area contributed by atoms with Crippen molar-refractivity contribution in [2.75, 3.05) is 26.7 Å². The minimum Gasteiger partial charge on any atom is -0.493 e. The van der Waals surface area contributed by atoms with E-state index < -0.39 is 34.6 Å². The molecule has 150 valence electrons. The highest BCUT2D eigenvalue weighted by atomic mass is 19.2. The molecule has 3 rings (SSSR count). The molecule has 1 saturated heterocycles. The van der Waals surface area contributed by atoms with Crippen LogP contribution in [-0.2, 0) is 0 Å². The summed E-state index contributed by atoms with van der Waals surface area (Å²) in [7, 11) is 1.34. The third kappa shape index (κ3) is 4.30. The number of piperidine rings is 1. The van der Waals surface area contributed by atoms with Crippen LogP contribution in [0.15, 0.2) is 30.3 Å². The van der Waals surface area contributed by atoms with Crippen LogP contribution in [0, 0.1) is 23.3 Å². The standard InChI is InChI=1S/C21H21F4NO2/c1-27-15-9-3-4-10-16(15)28-21-19(24)17(22)14(18(23)20(21)25)8-7-13-26-11-5-2-6-12-26/h3-4,7-10H,2,5-6,11-13H2,1H3/p+1/b8-7+. The fourth-order valence-corrected chi connectivity index (χ4v) is 3.28. The number of hydrogen-bond donors (Lipinski definition) is 1. The van der Waals surface area contributed by atoms with E-state index in [0.717, 1.165) is 32.0 Å². The Kier molecular flexibility index (Phi) is 6.57. The van der Waals surface area contributed by atoms with Crippen molar-refractivity contribution in [2.45, 2.75) is 19.3 Å². The van der Waals surface area contributed by atoms with Crippen LogP contribution in [0.5, 0.6) is 17.2 Å². The summed E-state index contributed by atoms with van der Waals surface area (Å²) in [5.74, 6) is -7.18. The fourth-order valence-electron chi connectivity index (χ4n) is 3.28. The molecule has 1 heterocycles. The van der Waals surface area contributed by atoms with Gasteiger partial charge in [-0.15, -0.1) is 0 Å². The fraction of sp³-hybridized carbons (Fsp3) is 0.333. The van der Waals surface area contributed by atoms with Gasteiger partial charge in [0, 0.05) is 0 Å². The van der Waals surface area contributed by atoms with Gasteiger partial charge in [-0.25, -0.2) is 8.78 Å². The van der Waals surface area contributed by atoms with Crippen LogP contribution in [0.4, 0.5) is 17.6 Å². The van der Waals surface area contributed by atoms with E-state index in [0.29, 0.717) is 6.54 Å². The van der Waals surface area contributed by atoms with Gasteiger partial charge in [-0.3, -0.25) is 0 Å². The van der Waals surface area contributed by atoms with Crippen LogP contribution in [0.2, 0.25) is 0 Å². The second kappa shape index (κ2) is 9.10. The SMILES string of the molecule is COc1ccccc1Oc1c(F)c(F)c(/C=C/C[NH+]2CCCCC2)c(F)c1F. The Morgan fingerprint density at radius 2 is 1.50 bits per heavy atom. The molecular weight excluding hydrogens is 374 g/mol. The summed E-state index contributed by atoms with van der Waals surface area (Å²) >= 11 is 0. The number of ether oxygens (including phenoxy) is 2. The quantitative estimate of drug-likeness (QED) is 0.586. The molecule has 0 aliphatic carbocycles. The molecule has 1 aliphatic rings. The maximum Gasteiger partial charge on any atom is 0.205 e. The summed E-state index contributed by atoms with van der Waals surface area (Å²) in [5.41, 5.74) is -0.751. The summed E-state index contributed by atoms with van der Waals surface area (Å²) in [5, 5.41) is 0. The van der Waals surface area contributed by atoms with Gasteiger partial charge in [-0.2, -0.15) is 8.78 Å². The first-order valence-electron chi connectivity index (χ1n) is 9.19. The Balaban J connectivity index is 1.86. The summed E-state index contributed by atoms with van der Waals surface area (Å²) < 4.78 is 67.8. The van der Waals surface area contributed by atoms with Crippen LogP contribution in [0.3, 0.4) is 0 Å². The Bertz CT molecular complexity index is 835. The monoisotopic (exact) mass is 396 g/mol. The predicted molar refractivity (Wildman–Crippen MR) is 97.8 cm³/mol. The smallest absolute Gasteiger partial charge is 0.205 e. The highest BCUT2D eigenvalue weighted by Crippen LogP contribution is 2.37. The van der Waals surface area contributed by atoms with Gasteiger partial charge in [0.25, 0.3) is 0 Å². The second-order valence-corrected chi connectivity index (χ2v) is 6.67. The maximum absolute atomic E-state index is 14.4. The Morgan fingerprint density at radius 3 is 2.11 bits per heavy atom. The van der Waals surface area contributed by atoms with Crippen LogP contribution >= 0.6 is 0 Å². The van der Waals surface area contributed by atoms with Gasteiger partial charge in [0.1, 0.15) is 0 Å². The Labute approximate surface area is 161 Å². The van der Waals surface area contributed by atoms with E-state index in [1.165, 1.54) is 30.6 Å². The number of halogens is 4. The number of methoxy groups -OCH3 is 1. The highest BCUT2D eigenvalue weighted by Gasteiger charge is 2.26. The van der Waals surface area contributed by atoms with Gasteiger partial charge in [-0.05, 0) is 43.5 Å². The Hall–Kier alpha value is -2.54. The molecule has 2 aromatic carbocycles. The van der Waals surface area contributed by atoms with Gasteiger partial charge >= 0.3 is 0 Å². The molecule has 0 atom stereocenters. The van der Waals surface area contributed by atoms with E-state index in [1.807, 2.05) is 0 Å². The van der Waals surface area contributed by atoms with Gasteiger partial charge < -0.3 is 14.4 Å². The molecular formula is C21H22F4NO2+. The van der Waals surface area contributed by atoms with E-state index in [2.05, 4.69) is 0 Å². The van der Waals surface area contributed by atoms with E-state index in [-0.39, 0.29) is 11.5 Å². The summed E-state index contributed by atoms with van der Waals surface area (Å²) in [6.45, 7) is 2.50. The molecule has 0 saturated carbocycles. The van der Waals surface area contributed by atoms with Crippen molar-refractivity contribution in [1.29, 1.82) is 0 Å². The zero-order valence-corrected chi connectivity index (χ0v) is 15.5. The first-order valence-corrected chi connectivity index (χ1v) is 9.19. The van der Waals surface area contributed by atoms with Gasteiger partial charge in [0.15, 0.2) is 23.1 Å². The summed E-state index contributed by atoms with van der Waals surface area (Å²) in [6.07, 6.45) is 6.02. The number of hydrogen-bond acceptors (Lipinski definition) is 2. The number of nitrogens with one attached hydrogen (secondary N) is 1. The minimum absolute atomic E-state index is 0.0569. The highest BCUT2D eigenvalue weighted by molar-refractivity contribution is 5.54. The molecule has 0 radical (unpaired) electrons. The zero-order valence-electron chi connectivity index (χ0n) is 15.5. The van der Waals surface area contributed by atoms with E-state index in [4.69, 9.17) is 9.47 Å². The van der Waals surface area contributed by atoms with E-state index in [9.17, 15) is 17.6 Å². The predicted octanol–water partition coefficient (Wildman–Crippen LogP) is 4.13. The molecule has 0 unspecified atom stereocenters. The third-order valence-corrected chi connectivity index (χ3v) is 4.79. The van der Waals surface area contributed by atoms with Crippen molar-refractivity contribution >= 4 is 6.08 Å². The molecule has 1 N–H and O–H groups in total. The average molecular weight is 396 g/mol. The molecule has 0 spiro atoms. The largest absolute Gasteiger partial charge is 0.493 e. The van der Waals surface area contributed by atoms with Crippen molar-refractivity contribution < 1.29 is 31.9 Å². The summed E-state index contributed by atoms with van der Waals surface area (Å²) in [6, 6.07) is 6.04. The molecule has 2 aromatic rings. The van der Waals surface area contributed by atoms with Gasteiger partial charge in [0.05, 0.1) is 32.3 Å². The molecule has 3 nitrogen and oxygen atoms in total. The van der Waals surface area contributed by atoms with Gasteiger partial charge in [0.2, 0.25) is 17.4 Å². The topological polar surface area (TPSA) is 22.9 Å². The van der Waals surface area contributed by atoms with Crippen molar-refractivity contribution in [3.63, 3.8) is 0 Å². The van der Waals surface area contributed by atoms with Crippen LogP contribution < -0.4 is 14.4 Å². The molecule has 28 heavy (non-hydrogen) atoms. The molecule has 0 aromatic heterocycles.